The zero-order chi connectivity index (χ0) is 22.0. The molecule has 6 nitrogen and oxygen atoms in total. The zero-order valence-electron chi connectivity index (χ0n) is 16.4. The van der Waals surface area contributed by atoms with Crippen LogP contribution in [-0.4, -0.2) is 18.4 Å². The van der Waals surface area contributed by atoms with Crippen molar-refractivity contribution in [3.05, 3.63) is 88.4 Å². The first-order valence-corrected chi connectivity index (χ1v) is 10.00. The molecule has 2 amide bonds. The number of hydrogen-bond donors (Lipinski definition) is 1. The fraction of sp³-hybridized carbons (Fsp3) is 0.125. The molecule has 0 unspecified atom stereocenters. The fourth-order valence-electron chi connectivity index (χ4n) is 3.58. The molecule has 1 saturated heterocycles. The van der Waals surface area contributed by atoms with Gasteiger partial charge in [0.2, 0.25) is 11.8 Å². The number of nitriles is 1. The van der Waals surface area contributed by atoms with Crippen LogP contribution in [0.4, 0.5) is 5.69 Å². The minimum Gasteiger partial charge on any atom is -0.456 e. The Balaban J connectivity index is 1.55. The van der Waals surface area contributed by atoms with Crippen molar-refractivity contribution < 1.29 is 14.3 Å². The number of amides is 2. The molecule has 0 spiro atoms. The predicted molar refractivity (Wildman–Crippen MR) is 117 cm³/mol. The summed E-state index contributed by atoms with van der Waals surface area (Å²) >= 11 is 6.31. The van der Waals surface area contributed by atoms with Crippen molar-refractivity contribution >= 4 is 29.1 Å². The summed E-state index contributed by atoms with van der Waals surface area (Å²) in [7, 11) is 0. The number of benzene rings is 3. The molecule has 0 aromatic heterocycles. The van der Waals surface area contributed by atoms with Crippen LogP contribution in [0.2, 0.25) is 5.02 Å². The van der Waals surface area contributed by atoms with E-state index < -0.39 is 5.91 Å². The summed E-state index contributed by atoms with van der Waals surface area (Å²) in [6.45, 7) is 0.471. The van der Waals surface area contributed by atoms with Crippen LogP contribution < -0.4 is 15.4 Å². The molecule has 1 fully saturated rings. The molecular formula is C24H18ClN3O3. The third kappa shape index (κ3) is 4.37. The Morgan fingerprint density at radius 1 is 1.13 bits per heavy atom. The number of nitrogens with zero attached hydrogens (tertiary/aromatic N) is 2. The van der Waals surface area contributed by atoms with E-state index in [4.69, 9.17) is 27.3 Å². The fourth-order valence-corrected chi connectivity index (χ4v) is 3.74. The third-order valence-electron chi connectivity index (χ3n) is 5.21. The Labute approximate surface area is 184 Å². The van der Waals surface area contributed by atoms with Gasteiger partial charge in [0.15, 0.2) is 0 Å². The molecule has 4 rings (SSSR count). The van der Waals surface area contributed by atoms with E-state index in [1.165, 1.54) is 0 Å². The van der Waals surface area contributed by atoms with Crippen LogP contribution in [-0.2, 0) is 4.79 Å². The van der Waals surface area contributed by atoms with Crippen molar-refractivity contribution in [3.8, 4) is 17.6 Å². The number of primary amides is 1. The second-order valence-electron chi connectivity index (χ2n) is 7.25. The van der Waals surface area contributed by atoms with Gasteiger partial charge in [-0.25, -0.2) is 0 Å². The van der Waals surface area contributed by atoms with Crippen molar-refractivity contribution in [2.24, 2.45) is 5.73 Å². The molecule has 1 heterocycles. The summed E-state index contributed by atoms with van der Waals surface area (Å²) < 4.78 is 5.90. The number of hydrogen-bond acceptors (Lipinski definition) is 4. The Bertz CT molecular complexity index is 1200. The summed E-state index contributed by atoms with van der Waals surface area (Å²) in [6, 6.07) is 21.0. The van der Waals surface area contributed by atoms with Gasteiger partial charge in [0, 0.05) is 30.1 Å². The largest absolute Gasteiger partial charge is 0.456 e. The Hall–Kier alpha value is -3.82. The first-order chi connectivity index (χ1) is 14.9. The van der Waals surface area contributed by atoms with Gasteiger partial charge in [-0.2, -0.15) is 5.26 Å². The predicted octanol–water partition coefficient (Wildman–Crippen LogP) is 4.62. The molecule has 3 aromatic carbocycles. The molecule has 0 bridgehead atoms. The van der Waals surface area contributed by atoms with E-state index in [-0.39, 0.29) is 11.8 Å². The van der Waals surface area contributed by atoms with Gasteiger partial charge in [-0.05, 0) is 60.2 Å². The van der Waals surface area contributed by atoms with E-state index >= 15 is 0 Å². The van der Waals surface area contributed by atoms with Crippen LogP contribution in [0.25, 0.3) is 0 Å². The maximum Gasteiger partial charge on any atom is 0.248 e. The third-order valence-corrected chi connectivity index (χ3v) is 5.52. The molecule has 154 valence electrons. The van der Waals surface area contributed by atoms with E-state index in [9.17, 15) is 9.59 Å². The first kappa shape index (κ1) is 20.5. The lowest BCUT2D eigenvalue weighted by Gasteiger charge is -2.18. The standard InChI is InChI=1S/C24H18ClN3O3/c25-21-9-6-16(11-22(21)31-20-7-4-15(13-26)5-8-20)18-12-23(29)28(14-18)19-3-1-2-17(10-19)24(27)30/h1-11,18H,12,14H2,(H2,27,30)/t18-/m0/s1. The van der Waals surface area contributed by atoms with E-state index in [1.807, 2.05) is 12.1 Å². The molecule has 0 saturated carbocycles. The van der Waals surface area contributed by atoms with E-state index in [1.54, 1.807) is 59.5 Å². The van der Waals surface area contributed by atoms with Gasteiger partial charge in [0.05, 0.1) is 16.7 Å². The van der Waals surface area contributed by atoms with E-state index in [0.29, 0.717) is 46.3 Å². The highest BCUT2D eigenvalue weighted by Gasteiger charge is 2.32. The van der Waals surface area contributed by atoms with Gasteiger partial charge in [0.25, 0.3) is 0 Å². The maximum atomic E-state index is 12.7. The highest BCUT2D eigenvalue weighted by atomic mass is 35.5. The Kier molecular flexibility index (Phi) is 5.61. The number of carbonyl (C=O) groups excluding carboxylic acids is 2. The molecule has 7 heteroatoms. The average Bonchev–Trinajstić information content (AvgIpc) is 3.17. The normalized spacial score (nSPS) is 15.5. The monoisotopic (exact) mass is 431 g/mol. The second kappa shape index (κ2) is 8.50. The van der Waals surface area contributed by atoms with E-state index in [0.717, 1.165) is 5.56 Å². The summed E-state index contributed by atoms with van der Waals surface area (Å²) in [5, 5.41) is 9.37. The van der Waals surface area contributed by atoms with Gasteiger partial charge >= 0.3 is 0 Å². The minimum atomic E-state index is -0.535. The van der Waals surface area contributed by atoms with Crippen LogP contribution in [0.1, 0.15) is 33.8 Å². The van der Waals surface area contributed by atoms with Crippen molar-refractivity contribution in [1.29, 1.82) is 5.26 Å². The van der Waals surface area contributed by atoms with Gasteiger partial charge in [-0.15, -0.1) is 0 Å². The summed E-state index contributed by atoms with van der Waals surface area (Å²) in [5.41, 5.74) is 7.83. The van der Waals surface area contributed by atoms with Crippen molar-refractivity contribution in [1.82, 2.24) is 0 Å². The number of ether oxygens (including phenoxy) is 1. The Morgan fingerprint density at radius 2 is 1.90 bits per heavy atom. The minimum absolute atomic E-state index is 0.0314. The molecule has 1 aliphatic heterocycles. The van der Waals surface area contributed by atoms with Gasteiger partial charge in [-0.1, -0.05) is 23.7 Å². The smallest absolute Gasteiger partial charge is 0.248 e. The highest BCUT2D eigenvalue weighted by molar-refractivity contribution is 6.32. The molecular weight excluding hydrogens is 414 g/mol. The summed E-state index contributed by atoms with van der Waals surface area (Å²) in [6.07, 6.45) is 0.332. The molecule has 2 N–H and O–H groups in total. The molecule has 0 aliphatic carbocycles. The van der Waals surface area contributed by atoms with Gasteiger partial charge in [0.1, 0.15) is 11.5 Å². The number of halogens is 1. The zero-order valence-corrected chi connectivity index (χ0v) is 17.2. The number of nitrogens with two attached hydrogens (primary N) is 1. The van der Waals surface area contributed by atoms with Gasteiger partial charge in [-0.3, -0.25) is 9.59 Å². The average molecular weight is 432 g/mol. The van der Waals surface area contributed by atoms with Gasteiger partial charge < -0.3 is 15.4 Å². The second-order valence-corrected chi connectivity index (χ2v) is 7.66. The van der Waals surface area contributed by atoms with Crippen LogP contribution in [0.15, 0.2) is 66.7 Å². The first-order valence-electron chi connectivity index (χ1n) is 9.62. The maximum absolute atomic E-state index is 12.7. The van der Waals surface area contributed by atoms with Crippen LogP contribution in [0.3, 0.4) is 0 Å². The molecule has 0 radical (unpaired) electrons. The summed E-state index contributed by atoms with van der Waals surface area (Å²) in [5.74, 6) is 0.421. The lowest BCUT2D eigenvalue weighted by Crippen LogP contribution is -2.24. The Morgan fingerprint density at radius 3 is 2.61 bits per heavy atom. The quantitative estimate of drug-likeness (QED) is 0.637. The van der Waals surface area contributed by atoms with Crippen LogP contribution in [0.5, 0.6) is 11.5 Å². The number of carbonyl (C=O) groups is 2. The highest BCUT2D eigenvalue weighted by Crippen LogP contribution is 2.37. The molecule has 31 heavy (non-hydrogen) atoms. The SMILES string of the molecule is N#Cc1ccc(Oc2cc([C@H]3CC(=O)N(c4cccc(C(N)=O)c4)C3)ccc2Cl)cc1. The lowest BCUT2D eigenvalue weighted by molar-refractivity contribution is -0.117. The van der Waals surface area contributed by atoms with Crippen molar-refractivity contribution in [2.45, 2.75) is 12.3 Å². The topological polar surface area (TPSA) is 96.4 Å². The van der Waals surface area contributed by atoms with Crippen LogP contribution in [0, 0.1) is 11.3 Å². The van der Waals surface area contributed by atoms with Crippen LogP contribution >= 0.6 is 11.6 Å². The lowest BCUT2D eigenvalue weighted by atomic mass is 9.98. The number of rotatable bonds is 5. The molecule has 1 aliphatic rings. The molecule has 1 atom stereocenters. The summed E-state index contributed by atoms with van der Waals surface area (Å²) in [4.78, 5) is 25.8. The number of anilines is 1. The molecule has 3 aromatic rings. The van der Waals surface area contributed by atoms with E-state index in [2.05, 4.69) is 6.07 Å². The van der Waals surface area contributed by atoms with Crippen molar-refractivity contribution in [3.63, 3.8) is 0 Å². The van der Waals surface area contributed by atoms with Crippen molar-refractivity contribution in [2.75, 3.05) is 11.4 Å².